The van der Waals surface area contributed by atoms with Crippen molar-refractivity contribution in [3.63, 3.8) is 0 Å². The molecule has 1 aromatic heterocycles. The monoisotopic (exact) mass is 547 g/mol. The first kappa shape index (κ1) is 26.9. The first-order valence-electron chi connectivity index (χ1n) is 13.2. The van der Waals surface area contributed by atoms with Gasteiger partial charge < -0.3 is 24.6 Å². The van der Waals surface area contributed by atoms with Crippen LogP contribution in [-0.2, 0) is 38.6 Å². The van der Waals surface area contributed by atoms with Gasteiger partial charge in [-0.05, 0) is 59.7 Å². The highest BCUT2D eigenvalue weighted by Crippen LogP contribution is 2.25. The van der Waals surface area contributed by atoms with Crippen LogP contribution in [0.3, 0.4) is 0 Å². The summed E-state index contributed by atoms with van der Waals surface area (Å²) >= 11 is 1.56. The second-order valence-electron chi connectivity index (χ2n) is 10.1. The first-order chi connectivity index (χ1) is 18.9. The van der Waals surface area contributed by atoms with Crippen LogP contribution in [0.5, 0.6) is 11.5 Å². The summed E-state index contributed by atoms with van der Waals surface area (Å²) in [4.78, 5) is 43.1. The Labute approximate surface area is 232 Å². The van der Waals surface area contributed by atoms with Crippen LogP contribution in [0.1, 0.15) is 28.8 Å². The number of aryl methyl sites for hydroxylation is 1. The lowest BCUT2D eigenvalue weighted by Gasteiger charge is -2.39. The summed E-state index contributed by atoms with van der Waals surface area (Å²) in [5.41, 5.74) is 1.94. The van der Waals surface area contributed by atoms with E-state index >= 15 is 0 Å². The third-order valence-corrected chi connectivity index (χ3v) is 7.96. The number of benzene rings is 2. The van der Waals surface area contributed by atoms with Gasteiger partial charge in [-0.3, -0.25) is 14.4 Å². The summed E-state index contributed by atoms with van der Waals surface area (Å²) in [5, 5.41) is 5.02. The predicted octanol–water partition coefficient (Wildman–Crippen LogP) is 3.79. The first-order valence-corrected chi connectivity index (χ1v) is 14.1. The Morgan fingerprint density at radius 1 is 1.03 bits per heavy atom. The van der Waals surface area contributed by atoms with E-state index in [4.69, 9.17) is 9.47 Å². The number of likely N-dealkylation sites (N-methyl/N-ethyl adjacent to an activating group) is 1. The van der Waals surface area contributed by atoms with Gasteiger partial charge in [0.1, 0.15) is 11.5 Å². The Morgan fingerprint density at radius 2 is 1.79 bits per heavy atom. The Morgan fingerprint density at radius 3 is 2.56 bits per heavy atom. The summed E-state index contributed by atoms with van der Waals surface area (Å²) in [6, 6.07) is 19.0. The predicted molar refractivity (Wildman–Crippen MR) is 149 cm³/mol. The van der Waals surface area contributed by atoms with E-state index in [9.17, 15) is 14.4 Å². The van der Waals surface area contributed by atoms with E-state index in [1.165, 1.54) is 4.90 Å². The normalized spacial score (nSPS) is 20.7. The number of thiophene rings is 1. The van der Waals surface area contributed by atoms with Gasteiger partial charge >= 0.3 is 0 Å². The topological polar surface area (TPSA) is 88.2 Å². The van der Waals surface area contributed by atoms with Crippen LogP contribution < -0.4 is 10.1 Å². The van der Waals surface area contributed by atoms with Crippen LogP contribution in [0.25, 0.3) is 0 Å². The molecule has 3 aromatic rings. The molecule has 0 aliphatic carbocycles. The van der Waals surface area contributed by atoms with Gasteiger partial charge in [0.15, 0.2) is 0 Å². The minimum atomic E-state index is -0.389. The fourth-order valence-corrected chi connectivity index (χ4v) is 5.67. The van der Waals surface area contributed by atoms with Crippen molar-refractivity contribution in [2.24, 2.45) is 0 Å². The van der Waals surface area contributed by atoms with E-state index in [0.717, 1.165) is 16.0 Å². The van der Waals surface area contributed by atoms with Gasteiger partial charge in [0.2, 0.25) is 17.7 Å². The minimum Gasteiger partial charge on any atom is -0.457 e. The van der Waals surface area contributed by atoms with Crippen LogP contribution in [0, 0.1) is 0 Å². The molecule has 204 valence electrons. The zero-order valence-electron chi connectivity index (χ0n) is 22.0. The van der Waals surface area contributed by atoms with Crippen LogP contribution in [-0.4, -0.2) is 66.3 Å². The third-order valence-electron chi connectivity index (χ3n) is 7.08. The maximum Gasteiger partial charge on any atom is 0.239 e. The number of amides is 3. The fraction of sp³-hybridized carbons (Fsp3) is 0.367. The van der Waals surface area contributed by atoms with Crippen molar-refractivity contribution in [2.75, 3.05) is 26.7 Å². The standard InChI is InChI=1S/C30H33N3O5S/c1-32-19-28(34)31-26-18-33(30(36)17-25-9-4-14-39-25)13-12-27(26)37-20-22-6-3-8-24(16-22)38-23-7-2-5-21(15-23)10-11-29(32)35/h2-9,14-16,26-27H,10-13,17-20H2,1H3,(H,31,34)/t26-,27+/m0/s1. The molecule has 3 amide bonds. The van der Waals surface area contributed by atoms with E-state index < -0.39 is 0 Å². The van der Waals surface area contributed by atoms with E-state index in [1.807, 2.05) is 66.0 Å². The molecule has 1 fully saturated rings. The summed E-state index contributed by atoms with van der Waals surface area (Å²) < 4.78 is 12.4. The van der Waals surface area contributed by atoms with Crippen LogP contribution >= 0.6 is 11.3 Å². The number of nitrogens with zero attached hydrogens (tertiary/aromatic N) is 2. The molecule has 2 atom stereocenters. The molecule has 0 spiro atoms. The molecule has 5 rings (SSSR count). The molecular formula is C30H33N3O5S. The number of rotatable bonds is 2. The molecule has 9 heteroatoms. The van der Waals surface area contributed by atoms with E-state index in [0.29, 0.717) is 50.5 Å². The highest BCUT2D eigenvalue weighted by atomic mass is 32.1. The van der Waals surface area contributed by atoms with Gasteiger partial charge in [-0.15, -0.1) is 11.3 Å². The van der Waals surface area contributed by atoms with Gasteiger partial charge in [0.05, 0.1) is 31.7 Å². The van der Waals surface area contributed by atoms with Crippen molar-refractivity contribution in [3.05, 3.63) is 82.0 Å². The fourth-order valence-electron chi connectivity index (χ4n) is 4.97. The Bertz CT molecular complexity index is 1310. The maximum atomic E-state index is 13.0. The number of hydrogen-bond donors (Lipinski definition) is 1. The Kier molecular flexibility index (Phi) is 8.58. The highest BCUT2D eigenvalue weighted by Gasteiger charge is 2.33. The quantitative estimate of drug-likeness (QED) is 0.528. The number of likely N-dealkylation sites (tertiary alicyclic amines) is 1. The number of ether oxygens (including phenoxy) is 2. The number of carbonyl (C=O) groups is 3. The van der Waals surface area contributed by atoms with Gasteiger partial charge in [-0.1, -0.05) is 30.3 Å². The van der Waals surface area contributed by atoms with Gasteiger partial charge in [-0.2, -0.15) is 0 Å². The molecule has 0 saturated carbocycles. The van der Waals surface area contributed by atoms with Crippen LogP contribution in [0.2, 0.25) is 0 Å². The largest absolute Gasteiger partial charge is 0.457 e. The zero-order chi connectivity index (χ0) is 27.2. The van der Waals surface area contributed by atoms with Gasteiger partial charge in [0, 0.05) is 31.4 Å². The van der Waals surface area contributed by atoms with E-state index in [2.05, 4.69) is 5.32 Å². The number of nitrogens with one attached hydrogen (secondary N) is 1. The lowest BCUT2D eigenvalue weighted by molar-refractivity contribution is -0.138. The molecule has 2 aliphatic rings. The zero-order valence-corrected chi connectivity index (χ0v) is 22.8. The molecule has 0 unspecified atom stereocenters. The van der Waals surface area contributed by atoms with Crippen molar-refractivity contribution in [1.29, 1.82) is 0 Å². The number of carbonyl (C=O) groups excluding carboxylic acids is 3. The molecule has 39 heavy (non-hydrogen) atoms. The Hall–Kier alpha value is -3.69. The van der Waals surface area contributed by atoms with Crippen molar-refractivity contribution in [1.82, 2.24) is 15.1 Å². The lowest BCUT2D eigenvalue weighted by atomic mass is 10.0. The highest BCUT2D eigenvalue weighted by molar-refractivity contribution is 7.10. The van der Waals surface area contributed by atoms with Crippen LogP contribution in [0.15, 0.2) is 66.0 Å². The molecular weight excluding hydrogens is 514 g/mol. The summed E-state index contributed by atoms with van der Waals surface area (Å²) in [7, 11) is 1.64. The average molecular weight is 548 g/mol. The number of hydrogen-bond acceptors (Lipinski definition) is 6. The Balaban J connectivity index is 1.34. The van der Waals surface area contributed by atoms with Gasteiger partial charge in [0.25, 0.3) is 0 Å². The SMILES string of the molecule is CN1CC(=O)N[C@H]2CN(C(=O)Cc3cccs3)CC[C@H]2OCc2cccc(c2)Oc2cccc(c2)CCC1=O. The molecule has 2 aromatic carbocycles. The van der Waals surface area contributed by atoms with Crippen LogP contribution in [0.4, 0.5) is 0 Å². The van der Waals surface area contributed by atoms with E-state index in [1.54, 1.807) is 23.3 Å². The molecule has 2 aliphatic heterocycles. The maximum absolute atomic E-state index is 13.0. The third kappa shape index (κ3) is 7.25. The smallest absolute Gasteiger partial charge is 0.239 e. The number of piperidine rings is 1. The summed E-state index contributed by atoms with van der Waals surface area (Å²) in [6.07, 6.45) is 1.49. The van der Waals surface area contributed by atoms with Gasteiger partial charge in [-0.25, -0.2) is 0 Å². The molecule has 8 nitrogen and oxygen atoms in total. The second kappa shape index (κ2) is 12.4. The van der Waals surface area contributed by atoms with Crippen molar-refractivity contribution in [3.8, 4) is 11.5 Å². The average Bonchev–Trinajstić information content (AvgIpc) is 3.44. The molecule has 0 radical (unpaired) electrons. The minimum absolute atomic E-state index is 0.0324. The molecule has 3 heterocycles. The van der Waals surface area contributed by atoms with Crippen molar-refractivity contribution >= 4 is 29.1 Å². The summed E-state index contributed by atoms with van der Waals surface area (Å²) in [5.74, 6) is 1.05. The molecule has 4 bridgehead atoms. The lowest BCUT2D eigenvalue weighted by Crippen LogP contribution is -2.58. The summed E-state index contributed by atoms with van der Waals surface area (Å²) in [6.45, 7) is 1.20. The van der Waals surface area contributed by atoms with Crippen molar-refractivity contribution < 1.29 is 23.9 Å². The molecule has 1 N–H and O–H groups in total. The second-order valence-corrected chi connectivity index (χ2v) is 11.1. The molecule has 1 saturated heterocycles. The van der Waals surface area contributed by atoms with Crippen molar-refractivity contribution in [2.45, 2.75) is 44.4 Å². The van der Waals surface area contributed by atoms with E-state index in [-0.39, 0.29) is 42.8 Å². The number of fused-ring (bicyclic) bond motifs is 5.